The summed E-state index contributed by atoms with van der Waals surface area (Å²) in [5, 5.41) is 0.719. The number of carbonyl (C=O) groups is 4. The van der Waals surface area contributed by atoms with Gasteiger partial charge in [-0.05, 0) is 164 Å². The lowest BCUT2D eigenvalue weighted by Crippen LogP contribution is -2.44. The molecule has 0 aromatic heterocycles. The van der Waals surface area contributed by atoms with Gasteiger partial charge < -0.3 is 0 Å². The first kappa shape index (κ1) is 26.6. The van der Waals surface area contributed by atoms with Crippen molar-refractivity contribution in [2.75, 3.05) is 9.80 Å². The molecule has 4 amide bonds. The second-order valence-corrected chi connectivity index (χ2v) is 13.8. The van der Waals surface area contributed by atoms with Crippen LogP contribution in [0.5, 0.6) is 0 Å². The molecule has 6 nitrogen and oxygen atoms in total. The molecule has 10 heteroatoms. The molecule has 0 fully saturated rings. The van der Waals surface area contributed by atoms with Gasteiger partial charge in [-0.15, -0.1) is 0 Å². The van der Waals surface area contributed by atoms with E-state index in [-0.39, 0.29) is 0 Å². The van der Waals surface area contributed by atoms with E-state index in [2.05, 4.69) is 90.4 Å². The number of anilines is 2. The lowest BCUT2D eigenvalue weighted by Gasteiger charge is -2.33. The van der Waals surface area contributed by atoms with Crippen molar-refractivity contribution in [2.24, 2.45) is 0 Å². The maximum absolute atomic E-state index is 13.8. The van der Waals surface area contributed by atoms with E-state index in [9.17, 15) is 19.2 Å². The highest BCUT2D eigenvalue weighted by Gasteiger charge is 2.42. The van der Waals surface area contributed by atoms with Crippen molar-refractivity contribution in [3.05, 3.63) is 96.2 Å². The Morgan fingerprint density at radius 1 is 0.474 bits per heavy atom. The topological polar surface area (TPSA) is 74.8 Å². The van der Waals surface area contributed by atoms with Gasteiger partial charge in [-0.1, -0.05) is 0 Å². The molecule has 2 heterocycles. The van der Waals surface area contributed by atoms with E-state index in [1.165, 1.54) is 9.80 Å². The van der Waals surface area contributed by atoms with Crippen molar-refractivity contribution in [2.45, 2.75) is 13.8 Å². The predicted octanol–water partition coefficient (Wildman–Crippen LogP) is 7.48. The van der Waals surface area contributed by atoms with Crippen LogP contribution in [-0.4, -0.2) is 23.6 Å². The van der Waals surface area contributed by atoms with Gasteiger partial charge in [-0.25, -0.2) is 9.80 Å². The molecule has 6 rings (SSSR count). The third kappa shape index (κ3) is 3.79. The van der Waals surface area contributed by atoms with E-state index in [0.29, 0.717) is 44.4 Å². The van der Waals surface area contributed by atoms with Gasteiger partial charge in [0.1, 0.15) is 0 Å². The van der Waals surface area contributed by atoms with Crippen LogP contribution >= 0.6 is 90.4 Å². The van der Waals surface area contributed by atoms with E-state index in [0.717, 1.165) is 25.4 Å². The summed E-state index contributed by atoms with van der Waals surface area (Å²) < 4.78 is 3.13. The Morgan fingerprint density at radius 2 is 0.711 bits per heavy atom. The average molecular weight is 950 g/mol. The summed E-state index contributed by atoms with van der Waals surface area (Å²) in [5.74, 6) is -1.90. The number of halogens is 4. The quantitative estimate of drug-likeness (QED) is 0.155. The van der Waals surface area contributed by atoms with Crippen LogP contribution in [-0.2, 0) is 0 Å². The fourth-order valence-corrected chi connectivity index (χ4v) is 10.2. The van der Waals surface area contributed by atoms with Gasteiger partial charge in [0.2, 0.25) is 0 Å². The Bertz CT molecular complexity index is 1580. The van der Waals surface area contributed by atoms with Gasteiger partial charge in [-0.3, -0.25) is 19.2 Å². The molecule has 0 spiro atoms. The molecule has 38 heavy (non-hydrogen) atoms. The van der Waals surface area contributed by atoms with Crippen molar-refractivity contribution in [3.63, 3.8) is 0 Å². The maximum atomic E-state index is 13.8. The predicted molar refractivity (Wildman–Crippen MR) is 179 cm³/mol. The Balaban J connectivity index is 1.57. The second-order valence-electron chi connectivity index (χ2n) is 9.12. The highest BCUT2D eigenvalue weighted by molar-refractivity contribution is 14.1. The van der Waals surface area contributed by atoms with Gasteiger partial charge in [0.15, 0.2) is 0 Å². The summed E-state index contributed by atoms with van der Waals surface area (Å²) in [6.07, 6.45) is 0. The molecule has 2 aliphatic rings. The normalized spacial score (nSPS) is 14.7. The molecule has 2 aliphatic heterocycles. The van der Waals surface area contributed by atoms with Crippen LogP contribution in [0.1, 0.15) is 52.6 Å². The maximum Gasteiger partial charge on any atom is 0.266 e. The summed E-state index contributed by atoms with van der Waals surface area (Å²) in [4.78, 5) is 57.7. The molecule has 0 radical (unpaired) electrons. The van der Waals surface area contributed by atoms with Crippen LogP contribution in [0.4, 0.5) is 11.4 Å². The fraction of sp³-hybridized carbons (Fsp3) is 0.0714. The standard InChI is InChI=1S/C28H14I4N2O4/c1-11-7-17(29)23(18(30)8-11)33-25(35)13-3-5-15-22-16(6-4-14(21(13)22)26(33)36)28(38)34(27(15)37)24-19(31)9-12(2)10-20(24)32/h3-10H,1-2H3. The van der Waals surface area contributed by atoms with Crippen LogP contribution in [0.2, 0.25) is 0 Å². The number of hydrogen-bond donors (Lipinski definition) is 0. The van der Waals surface area contributed by atoms with E-state index < -0.39 is 23.6 Å². The first-order valence-corrected chi connectivity index (χ1v) is 15.6. The average Bonchev–Trinajstić information content (AvgIpc) is 2.84. The SMILES string of the molecule is Cc1cc(I)c(N2C(=O)c3ccc4c5c(ccc(c35)C2=O)C(=O)N(c2c(I)cc(C)cc2I)C4=O)c(I)c1. The lowest BCUT2D eigenvalue weighted by atomic mass is 9.85. The highest BCUT2D eigenvalue weighted by Crippen LogP contribution is 2.43. The zero-order valence-electron chi connectivity index (χ0n) is 19.7. The largest absolute Gasteiger partial charge is 0.268 e. The van der Waals surface area contributed by atoms with Crippen LogP contribution < -0.4 is 9.80 Å². The molecule has 0 aliphatic carbocycles. The molecule has 0 saturated heterocycles. The summed E-state index contributed by atoms with van der Waals surface area (Å²) in [6, 6.07) is 14.1. The van der Waals surface area contributed by atoms with Crippen LogP contribution in [0.15, 0.2) is 48.5 Å². The molecule has 0 saturated carbocycles. The molecule has 4 aromatic rings. The summed E-state index contributed by atoms with van der Waals surface area (Å²) in [5.41, 5.74) is 4.29. The zero-order chi connectivity index (χ0) is 27.2. The van der Waals surface area contributed by atoms with E-state index >= 15 is 0 Å². The number of amides is 4. The first-order chi connectivity index (χ1) is 18.0. The number of nitrogens with zero attached hydrogens (tertiary/aromatic N) is 2. The van der Waals surface area contributed by atoms with Gasteiger partial charge in [0.25, 0.3) is 23.6 Å². The number of imide groups is 2. The minimum atomic E-state index is -0.476. The monoisotopic (exact) mass is 950 g/mol. The first-order valence-electron chi connectivity index (χ1n) is 11.3. The summed E-state index contributed by atoms with van der Waals surface area (Å²) >= 11 is 8.56. The Hall–Kier alpha value is -1.66. The van der Waals surface area contributed by atoms with Crippen LogP contribution in [0.25, 0.3) is 10.8 Å². The van der Waals surface area contributed by atoms with Gasteiger partial charge in [0.05, 0.1) is 11.4 Å². The van der Waals surface area contributed by atoms with Gasteiger partial charge in [0, 0.05) is 47.3 Å². The molecule has 0 bridgehead atoms. The Kier molecular flexibility index (Phi) is 6.62. The third-order valence-electron chi connectivity index (χ3n) is 6.66. The summed E-state index contributed by atoms with van der Waals surface area (Å²) in [7, 11) is 0. The van der Waals surface area contributed by atoms with E-state index in [1.54, 1.807) is 24.3 Å². The smallest absolute Gasteiger partial charge is 0.266 e. The van der Waals surface area contributed by atoms with Crippen molar-refractivity contribution in [3.8, 4) is 0 Å². The van der Waals surface area contributed by atoms with Crippen LogP contribution in [0.3, 0.4) is 0 Å². The van der Waals surface area contributed by atoms with Crippen molar-refractivity contribution >= 4 is 136 Å². The molecular weight excluding hydrogens is 936 g/mol. The molecule has 188 valence electrons. The molecule has 0 N–H and O–H groups in total. The lowest BCUT2D eigenvalue weighted by molar-refractivity contribution is 0.0872. The number of benzene rings is 4. The van der Waals surface area contributed by atoms with Crippen molar-refractivity contribution < 1.29 is 19.2 Å². The summed E-state index contributed by atoms with van der Waals surface area (Å²) in [6.45, 7) is 3.92. The Labute approximate surface area is 272 Å². The second kappa shape index (κ2) is 9.47. The Morgan fingerprint density at radius 3 is 0.947 bits per heavy atom. The number of carbonyl (C=O) groups excluding carboxylic acids is 4. The van der Waals surface area contributed by atoms with Crippen molar-refractivity contribution in [1.29, 1.82) is 0 Å². The number of hydrogen-bond acceptors (Lipinski definition) is 4. The molecule has 0 unspecified atom stereocenters. The third-order valence-corrected chi connectivity index (χ3v) is 9.95. The fourth-order valence-electron chi connectivity index (χ4n) is 5.09. The highest BCUT2D eigenvalue weighted by atomic mass is 127. The van der Waals surface area contributed by atoms with Crippen LogP contribution in [0, 0.1) is 28.1 Å². The van der Waals surface area contributed by atoms with Gasteiger partial charge in [-0.2, -0.15) is 0 Å². The molecule has 4 aromatic carbocycles. The molecular formula is C28H14I4N2O4. The number of aryl methyl sites for hydroxylation is 2. The van der Waals surface area contributed by atoms with E-state index in [4.69, 9.17) is 0 Å². The van der Waals surface area contributed by atoms with Crippen molar-refractivity contribution in [1.82, 2.24) is 0 Å². The zero-order valence-corrected chi connectivity index (χ0v) is 28.3. The van der Waals surface area contributed by atoms with E-state index in [1.807, 2.05) is 38.1 Å². The minimum Gasteiger partial charge on any atom is -0.268 e. The van der Waals surface area contributed by atoms with Gasteiger partial charge >= 0.3 is 0 Å². The number of rotatable bonds is 2. The molecule has 0 atom stereocenters. The minimum absolute atomic E-state index is 0.293.